The van der Waals surface area contributed by atoms with Crippen molar-refractivity contribution in [2.75, 3.05) is 6.61 Å². The normalized spacial score (nSPS) is 12.9. The molecule has 0 aromatic heterocycles. The quantitative estimate of drug-likeness (QED) is 0.332. The molecule has 180 valence electrons. The highest BCUT2D eigenvalue weighted by atomic mass is 16.5. The first kappa shape index (κ1) is 23.4. The maximum absolute atomic E-state index is 12.6. The molecule has 5 nitrogen and oxygen atoms in total. The molecule has 1 atom stereocenters. The van der Waals surface area contributed by atoms with Crippen LogP contribution < -0.4 is 5.32 Å². The van der Waals surface area contributed by atoms with Crippen molar-refractivity contribution in [2.24, 2.45) is 0 Å². The van der Waals surface area contributed by atoms with Crippen molar-refractivity contribution in [1.29, 1.82) is 0 Å². The zero-order valence-corrected chi connectivity index (χ0v) is 20.0. The van der Waals surface area contributed by atoms with Crippen molar-refractivity contribution in [3.05, 3.63) is 119 Å². The van der Waals surface area contributed by atoms with Gasteiger partial charge in [0, 0.05) is 12.3 Å². The molecule has 36 heavy (non-hydrogen) atoms. The molecule has 0 fully saturated rings. The predicted molar refractivity (Wildman–Crippen MR) is 140 cm³/mol. The van der Waals surface area contributed by atoms with E-state index in [1.54, 1.807) is 0 Å². The van der Waals surface area contributed by atoms with E-state index >= 15 is 0 Å². The number of nitrogens with one attached hydrogen (secondary N) is 1. The molecule has 4 aromatic rings. The van der Waals surface area contributed by atoms with Gasteiger partial charge in [0.05, 0.1) is 0 Å². The van der Waals surface area contributed by atoms with Crippen LogP contribution in [0.1, 0.15) is 28.2 Å². The fraction of sp³-hybridized carbons (Fsp3) is 0.161. The van der Waals surface area contributed by atoms with Gasteiger partial charge in [0.1, 0.15) is 12.6 Å². The third-order valence-corrected chi connectivity index (χ3v) is 6.78. The molecule has 1 aliphatic carbocycles. The smallest absolute Gasteiger partial charge is 0.407 e. The summed E-state index contributed by atoms with van der Waals surface area (Å²) in [5.74, 6) is -1.19. The average Bonchev–Trinajstić information content (AvgIpc) is 3.21. The van der Waals surface area contributed by atoms with Crippen LogP contribution in [0.25, 0.3) is 22.3 Å². The van der Waals surface area contributed by atoms with Crippen LogP contribution in [-0.2, 0) is 16.0 Å². The maximum Gasteiger partial charge on any atom is 0.407 e. The Bertz CT molecular complexity index is 1360. The number of fused-ring (bicyclic) bond motifs is 3. The monoisotopic (exact) mass is 477 g/mol. The lowest BCUT2D eigenvalue weighted by Gasteiger charge is -2.18. The van der Waals surface area contributed by atoms with E-state index in [4.69, 9.17) is 4.74 Å². The van der Waals surface area contributed by atoms with Gasteiger partial charge in [-0.1, -0.05) is 97.1 Å². The van der Waals surface area contributed by atoms with Gasteiger partial charge in [-0.25, -0.2) is 9.59 Å². The van der Waals surface area contributed by atoms with Crippen molar-refractivity contribution >= 4 is 12.1 Å². The lowest BCUT2D eigenvalue weighted by Crippen LogP contribution is -2.42. The summed E-state index contributed by atoms with van der Waals surface area (Å²) >= 11 is 0. The summed E-state index contributed by atoms with van der Waals surface area (Å²) in [6, 6.07) is 30.9. The predicted octanol–water partition coefficient (Wildman–Crippen LogP) is 6.20. The number of carboxylic acids is 1. The molecular formula is C31H27NO4. The Balaban J connectivity index is 1.23. The Morgan fingerprint density at radius 3 is 1.94 bits per heavy atom. The van der Waals surface area contributed by atoms with Crippen LogP contribution in [0.15, 0.2) is 97.1 Å². The van der Waals surface area contributed by atoms with E-state index in [0.717, 1.165) is 38.9 Å². The Morgan fingerprint density at radius 2 is 1.36 bits per heavy atom. The summed E-state index contributed by atoms with van der Waals surface area (Å²) in [6.45, 7) is 2.19. The van der Waals surface area contributed by atoms with Gasteiger partial charge in [-0.05, 0) is 51.4 Å². The highest BCUT2D eigenvalue weighted by molar-refractivity contribution is 5.81. The van der Waals surface area contributed by atoms with Gasteiger partial charge in [0.25, 0.3) is 0 Å². The van der Waals surface area contributed by atoms with Crippen molar-refractivity contribution < 1.29 is 19.4 Å². The molecule has 1 aliphatic rings. The Morgan fingerprint density at radius 1 is 0.806 bits per heavy atom. The number of rotatable bonds is 7. The first-order valence-corrected chi connectivity index (χ1v) is 12.0. The molecule has 1 unspecified atom stereocenters. The standard InChI is InChI=1S/C31H27NO4/c1-20-8-2-3-9-23(20)22-16-14-21(15-17-22)18-29(30(33)34)32-31(35)36-19-28-26-12-6-4-10-24(26)25-11-5-7-13-27(25)28/h2-17,28-29H,18-19H2,1H3,(H,32,35)(H,33,34). The van der Waals surface area contributed by atoms with E-state index in [-0.39, 0.29) is 18.9 Å². The minimum atomic E-state index is -1.11. The van der Waals surface area contributed by atoms with Gasteiger partial charge >= 0.3 is 12.1 Å². The summed E-state index contributed by atoms with van der Waals surface area (Å²) < 4.78 is 5.53. The lowest BCUT2D eigenvalue weighted by molar-refractivity contribution is -0.139. The number of hydrogen-bond donors (Lipinski definition) is 2. The fourth-order valence-corrected chi connectivity index (χ4v) is 4.94. The SMILES string of the molecule is Cc1ccccc1-c1ccc(CC(NC(=O)OCC2c3ccccc3-c3ccccc32)C(=O)O)cc1. The Kier molecular flexibility index (Phi) is 6.54. The second kappa shape index (κ2) is 10.1. The van der Waals surface area contributed by atoms with Crippen LogP contribution in [0, 0.1) is 6.92 Å². The van der Waals surface area contributed by atoms with E-state index < -0.39 is 18.1 Å². The third kappa shape index (κ3) is 4.73. The fourth-order valence-electron chi connectivity index (χ4n) is 4.94. The van der Waals surface area contributed by atoms with Crippen LogP contribution in [-0.4, -0.2) is 29.8 Å². The number of ether oxygens (including phenoxy) is 1. The summed E-state index contributed by atoms with van der Waals surface area (Å²) in [5.41, 5.74) is 8.68. The first-order valence-electron chi connectivity index (χ1n) is 12.0. The summed E-state index contributed by atoms with van der Waals surface area (Å²) in [6.07, 6.45) is -0.575. The van der Waals surface area contributed by atoms with E-state index in [1.807, 2.05) is 72.8 Å². The largest absolute Gasteiger partial charge is 0.480 e. The number of aliphatic carboxylic acids is 1. The summed E-state index contributed by atoms with van der Waals surface area (Å²) in [7, 11) is 0. The summed E-state index contributed by atoms with van der Waals surface area (Å²) in [5, 5.41) is 12.3. The van der Waals surface area contributed by atoms with Crippen LogP contribution in [0.4, 0.5) is 4.79 Å². The van der Waals surface area contributed by atoms with Crippen LogP contribution in [0.2, 0.25) is 0 Å². The number of benzene rings is 4. The highest BCUT2D eigenvalue weighted by Crippen LogP contribution is 2.44. The Hall–Kier alpha value is -4.38. The number of carboxylic acid groups (broad SMARTS) is 1. The van der Waals surface area contributed by atoms with Gasteiger partial charge < -0.3 is 15.2 Å². The molecular weight excluding hydrogens is 450 g/mol. The number of aryl methyl sites for hydroxylation is 1. The number of carbonyl (C=O) groups is 2. The lowest BCUT2D eigenvalue weighted by atomic mass is 9.98. The molecule has 0 radical (unpaired) electrons. The molecule has 0 aliphatic heterocycles. The first-order chi connectivity index (χ1) is 17.5. The molecule has 5 heteroatoms. The van der Waals surface area contributed by atoms with E-state index in [2.05, 4.69) is 36.5 Å². The second-order valence-electron chi connectivity index (χ2n) is 9.08. The number of alkyl carbamates (subject to hydrolysis) is 1. The van der Waals surface area contributed by atoms with E-state index in [0.29, 0.717) is 0 Å². The topological polar surface area (TPSA) is 75.6 Å². The average molecular weight is 478 g/mol. The zero-order valence-electron chi connectivity index (χ0n) is 20.0. The minimum Gasteiger partial charge on any atom is -0.480 e. The molecule has 0 saturated carbocycles. The number of carbonyl (C=O) groups excluding carboxylic acids is 1. The van der Waals surface area contributed by atoms with Gasteiger partial charge in [-0.3, -0.25) is 0 Å². The van der Waals surface area contributed by atoms with Crippen molar-refractivity contribution in [2.45, 2.75) is 25.3 Å². The highest BCUT2D eigenvalue weighted by Gasteiger charge is 2.29. The van der Waals surface area contributed by atoms with E-state index in [1.165, 1.54) is 5.56 Å². The van der Waals surface area contributed by atoms with Crippen molar-refractivity contribution in [1.82, 2.24) is 5.32 Å². The Labute approximate surface area is 210 Å². The van der Waals surface area contributed by atoms with Gasteiger partial charge in [-0.15, -0.1) is 0 Å². The van der Waals surface area contributed by atoms with Crippen molar-refractivity contribution in [3.8, 4) is 22.3 Å². The molecule has 1 amide bonds. The van der Waals surface area contributed by atoms with Gasteiger partial charge in [-0.2, -0.15) is 0 Å². The van der Waals surface area contributed by atoms with Crippen molar-refractivity contribution in [3.63, 3.8) is 0 Å². The zero-order chi connectivity index (χ0) is 25.1. The van der Waals surface area contributed by atoms with Crippen LogP contribution >= 0.6 is 0 Å². The van der Waals surface area contributed by atoms with Gasteiger partial charge in [0.15, 0.2) is 0 Å². The molecule has 0 heterocycles. The second-order valence-corrected chi connectivity index (χ2v) is 9.08. The maximum atomic E-state index is 12.6. The molecule has 0 saturated heterocycles. The molecule has 0 spiro atoms. The van der Waals surface area contributed by atoms with E-state index in [9.17, 15) is 14.7 Å². The molecule has 4 aromatic carbocycles. The number of hydrogen-bond acceptors (Lipinski definition) is 3. The molecule has 0 bridgehead atoms. The minimum absolute atomic E-state index is 0.0829. The summed E-state index contributed by atoms with van der Waals surface area (Å²) in [4.78, 5) is 24.5. The third-order valence-electron chi connectivity index (χ3n) is 6.78. The molecule has 2 N–H and O–H groups in total. The van der Waals surface area contributed by atoms with Crippen LogP contribution in [0.5, 0.6) is 0 Å². The number of amides is 1. The molecule has 5 rings (SSSR count). The van der Waals surface area contributed by atoms with Gasteiger partial charge in [0.2, 0.25) is 0 Å². The van der Waals surface area contributed by atoms with Crippen LogP contribution in [0.3, 0.4) is 0 Å².